The predicted octanol–water partition coefficient (Wildman–Crippen LogP) is 2.26. The van der Waals surface area contributed by atoms with E-state index in [0.29, 0.717) is 18.1 Å². The quantitative estimate of drug-likeness (QED) is 0.432. The molecule has 0 aliphatic heterocycles. The topological polar surface area (TPSA) is 57.1 Å². The number of benzene rings is 1. The van der Waals surface area contributed by atoms with Crippen molar-refractivity contribution < 1.29 is 19.1 Å². The Morgan fingerprint density at radius 2 is 2.24 bits per heavy atom. The van der Waals surface area contributed by atoms with Crippen molar-refractivity contribution in [3.8, 4) is 11.5 Å². The lowest BCUT2D eigenvalue weighted by molar-refractivity contribution is 0.0515. The third-order valence-corrected chi connectivity index (χ3v) is 2.02. The Morgan fingerprint density at radius 3 is 2.82 bits per heavy atom. The van der Waals surface area contributed by atoms with E-state index in [1.807, 2.05) is 6.92 Å². The van der Waals surface area contributed by atoms with Gasteiger partial charge >= 0.3 is 5.97 Å². The fourth-order valence-electron chi connectivity index (χ4n) is 1.30. The average molecular weight is 237 g/mol. The maximum atomic E-state index is 11.6. The Bertz CT molecular complexity index is 403. The second kappa shape index (κ2) is 6.52. The maximum Gasteiger partial charge on any atom is 0.369 e. The van der Waals surface area contributed by atoms with E-state index in [4.69, 9.17) is 9.47 Å². The first-order chi connectivity index (χ1) is 8.24. The zero-order valence-corrected chi connectivity index (χ0v) is 9.93. The minimum atomic E-state index is -0.620. The molecule has 0 spiro atoms. The molecule has 92 valence electrons. The third-order valence-electron chi connectivity index (χ3n) is 2.02. The van der Waals surface area contributed by atoms with Gasteiger partial charge < -0.3 is 14.3 Å². The maximum absolute atomic E-state index is 11.6. The van der Waals surface area contributed by atoms with Gasteiger partial charge in [-0.1, -0.05) is 18.1 Å². The molecular weight excluding hydrogens is 222 g/mol. The van der Waals surface area contributed by atoms with Gasteiger partial charge in [0, 0.05) is 6.72 Å². The Morgan fingerprint density at radius 1 is 1.47 bits per heavy atom. The van der Waals surface area contributed by atoms with Crippen molar-refractivity contribution in [1.29, 1.82) is 0 Å². The highest BCUT2D eigenvalue weighted by Gasteiger charge is 2.18. The summed E-state index contributed by atoms with van der Waals surface area (Å²) in [5, 5.41) is 3.09. The number of rotatable bonds is 6. The molecule has 0 aliphatic rings. The van der Waals surface area contributed by atoms with Gasteiger partial charge in [-0.05, 0) is 18.6 Å². The predicted molar refractivity (Wildman–Crippen MR) is 63.7 cm³/mol. The molecule has 0 bridgehead atoms. The van der Waals surface area contributed by atoms with Crippen LogP contribution in [0.1, 0.15) is 23.7 Å². The largest absolute Gasteiger partial charge is 0.493 e. The van der Waals surface area contributed by atoms with E-state index in [1.165, 1.54) is 7.11 Å². The summed E-state index contributed by atoms with van der Waals surface area (Å²) in [6, 6.07) is 4.97. The van der Waals surface area contributed by atoms with E-state index < -0.39 is 5.97 Å². The second-order valence-corrected chi connectivity index (χ2v) is 3.19. The van der Waals surface area contributed by atoms with Crippen LogP contribution in [0.25, 0.3) is 0 Å². The van der Waals surface area contributed by atoms with Gasteiger partial charge in [0.25, 0.3) is 0 Å². The number of hydrogen-bond donors (Lipinski definition) is 0. The highest BCUT2D eigenvalue weighted by Crippen LogP contribution is 2.31. The van der Waals surface area contributed by atoms with Gasteiger partial charge in [0.2, 0.25) is 0 Å². The number of para-hydroxylation sites is 1. The molecule has 1 rings (SSSR count). The summed E-state index contributed by atoms with van der Waals surface area (Å²) in [6.45, 7) is 5.55. The van der Waals surface area contributed by atoms with Gasteiger partial charge in [0.15, 0.2) is 11.5 Å². The van der Waals surface area contributed by atoms with E-state index in [2.05, 4.69) is 16.7 Å². The molecule has 0 N–H and O–H groups in total. The molecule has 5 nitrogen and oxygen atoms in total. The Kier molecular flexibility index (Phi) is 5.00. The first kappa shape index (κ1) is 13.0. The lowest BCUT2D eigenvalue weighted by Crippen LogP contribution is -2.07. The molecule has 1 aromatic rings. The van der Waals surface area contributed by atoms with Crippen molar-refractivity contribution in [2.24, 2.45) is 5.16 Å². The summed E-state index contributed by atoms with van der Waals surface area (Å²) in [6.07, 6.45) is 0.826. The molecule has 0 saturated heterocycles. The number of ether oxygens (including phenoxy) is 2. The summed E-state index contributed by atoms with van der Waals surface area (Å²) in [5.41, 5.74) is 0.269. The van der Waals surface area contributed by atoms with Crippen LogP contribution >= 0.6 is 0 Å². The summed E-state index contributed by atoms with van der Waals surface area (Å²) < 4.78 is 10.6. The monoisotopic (exact) mass is 237 g/mol. The highest BCUT2D eigenvalue weighted by atomic mass is 16.7. The smallest absolute Gasteiger partial charge is 0.369 e. The first-order valence-corrected chi connectivity index (χ1v) is 5.21. The van der Waals surface area contributed by atoms with E-state index in [0.717, 1.165) is 6.42 Å². The number of methoxy groups -OCH3 is 1. The van der Waals surface area contributed by atoms with Crippen LogP contribution in [-0.4, -0.2) is 26.4 Å². The number of carbonyl (C=O) groups excluding carboxylic acids is 1. The van der Waals surface area contributed by atoms with Crippen LogP contribution < -0.4 is 9.47 Å². The molecule has 17 heavy (non-hydrogen) atoms. The van der Waals surface area contributed by atoms with Gasteiger partial charge in [-0.15, -0.1) is 0 Å². The standard InChI is InChI=1S/C12H15NO4/c1-4-8-16-11-9(12(14)17-13-2)6-5-7-10(11)15-3/h5-7H,2,4,8H2,1,3H3. The molecule has 0 unspecified atom stereocenters. The molecule has 0 aromatic heterocycles. The van der Waals surface area contributed by atoms with Crippen LogP contribution in [0.4, 0.5) is 0 Å². The van der Waals surface area contributed by atoms with Crippen LogP contribution in [0.3, 0.4) is 0 Å². The van der Waals surface area contributed by atoms with E-state index in [1.54, 1.807) is 18.2 Å². The van der Waals surface area contributed by atoms with E-state index in [9.17, 15) is 4.79 Å². The second-order valence-electron chi connectivity index (χ2n) is 3.19. The highest BCUT2D eigenvalue weighted by molar-refractivity contribution is 5.93. The normalized spacial score (nSPS) is 9.53. The summed E-state index contributed by atoms with van der Waals surface area (Å²) >= 11 is 0. The van der Waals surface area contributed by atoms with E-state index in [-0.39, 0.29) is 5.56 Å². The molecule has 0 fully saturated rings. The van der Waals surface area contributed by atoms with E-state index >= 15 is 0 Å². The van der Waals surface area contributed by atoms with Crippen LogP contribution in [0.2, 0.25) is 0 Å². The lowest BCUT2D eigenvalue weighted by Gasteiger charge is -2.12. The molecule has 5 heteroatoms. The summed E-state index contributed by atoms with van der Waals surface area (Å²) in [7, 11) is 1.51. The van der Waals surface area contributed by atoms with Crippen molar-refractivity contribution in [3.63, 3.8) is 0 Å². The summed E-state index contributed by atoms with van der Waals surface area (Å²) in [5.74, 6) is 0.229. The number of oxime groups is 1. The Labute approximate surface area is 100.0 Å². The number of nitrogens with zero attached hydrogens (tertiary/aromatic N) is 1. The lowest BCUT2D eigenvalue weighted by atomic mass is 10.2. The van der Waals surface area contributed by atoms with Crippen LogP contribution in [0.5, 0.6) is 11.5 Å². The molecule has 0 amide bonds. The van der Waals surface area contributed by atoms with Gasteiger partial charge in [0.05, 0.1) is 13.7 Å². The Balaban J connectivity index is 3.08. The fourth-order valence-corrected chi connectivity index (χ4v) is 1.30. The molecule has 0 saturated carbocycles. The zero-order valence-electron chi connectivity index (χ0n) is 9.93. The van der Waals surface area contributed by atoms with Gasteiger partial charge in [-0.25, -0.2) is 4.79 Å². The van der Waals surface area contributed by atoms with Crippen LogP contribution in [-0.2, 0) is 4.84 Å². The third kappa shape index (κ3) is 3.21. The molecule has 0 atom stereocenters. The zero-order chi connectivity index (χ0) is 12.7. The SMILES string of the molecule is C=NOC(=O)c1cccc(OC)c1OCCC. The Hall–Kier alpha value is -2.04. The minimum absolute atomic E-state index is 0.269. The molecule has 0 radical (unpaired) electrons. The summed E-state index contributed by atoms with van der Waals surface area (Å²) in [4.78, 5) is 16.1. The number of carbonyl (C=O) groups is 1. The molecule has 0 heterocycles. The fraction of sp³-hybridized carbons (Fsp3) is 0.333. The first-order valence-electron chi connectivity index (χ1n) is 5.21. The molecular formula is C12H15NO4. The van der Waals surface area contributed by atoms with Gasteiger partial charge in [-0.3, -0.25) is 0 Å². The van der Waals surface area contributed by atoms with Crippen molar-refractivity contribution in [2.45, 2.75) is 13.3 Å². The molecule has 0 aliphatic carbocycles. The van der Waals surface area contributed by atoms with Crippen LogP contribution in [0, 0.1) is 0 Å². The van der Waals surface area contributed by atoms with Crippen LogP contribution in [0.15, 0.2) is 23.4 Å². The van der Waals surface area contributed by atoms with Crippen molar-refractivity contribution in [2.75, 3.05) is 13.7 Å². The van der Waals surface area contributed by atoms with Crippen molar-refractivity contribution in [3.05, 3.63) is 23.8 Å². The van der Waals surface area contributed by atoms with Crippen molar-refractivity contribution >= 4 is 12.7 Å². The number of hydrogen-bond acceptors (Lipinski definition) is 5. The van der Waals surface area contributed by atoms with Gasteiger partial charge in [-0.2, -0.15) is 0 Å². The van der Waals surface area contributed by atoms with Crippen molar-refractivity contribution in [1.82, 2.24) is 0 Å². The average Bonchev–Trinajstić information content (AvgIpc) is 2.36. The minimum Gasteiger partial charge on any atom is -0.493 e. The van der Waals surface area contributed by atoms with Gasteiger partial charge in [0.1, 0.15) is 5.56 Å². The molecule has 1 aromatic carbocycles.